The summed E-state index contributed by atoms with van der Waals surface area (Å²) in [5.74, 6) is 0.974. The average Bonchev–Trinajstić information content (AvgIpc) is 3.58. The van der Waals surface area contributed by atoms with Crippen LogP contribution in [0.1, 0.15) is 54.6 Å². The van der Waals surface area contributed by atoms with Crippen molar-refractivity contribution in [3.8, 4) is 5.69 Å². The average molecular weight is 473 g/mol. The van der Waals surface area contributed by atoms with Crippen LogP contribution in [0.5, 0.6) is 0 Å². The summed E-state index contributed by atoms with van der Waals surface area (Å²) in [5, 5.41) is 5.11. The predicted molar refractivity (Wildman–Crippen MR) is 133 cm³/mol. The fraction of sp³-hybridized carbons (Fsp3) is 0.448. The molecule has 2 aliphatic carbocycles. The molecule has 6 rings (SSSR count). The Morgan fingerprint density at radius 1 is 1.06 bits per heavy atom. The minimum Gasteiger partial charge on any atom is -0.336 e. The van der Waals surface area contributed by atoms with E-state index in [0.29, 0.717) is 24.9 Å². The van der Waals surface area contributed by atoms with E-state index in [1.54, 1.807) is 12.1 Å². The molecule has 3 aliphatic rings. The highest BCUT2D eigenvalue weighted by molar-refractivity contribution is 5.79. The highest BCUT2D eigenvalue weighted by Crippen LogP contribution is 2.35. The van der Waals surface area contributed by atoms with Crippen molar-refractivity contribution < 1.29 is 9.18 Å². The molecule has 2 aromatic carbocycles. The predicted octanol–water partition coefficient (Wildman–Crippen LogP) is 5.11. The van der Waals surface area contributed by atoms with Crippen molar-refractivity contribution >= 4 is 5.91 Å². The van der Waals surface area contributed by atoms with E-state index in [2.05, 4.69) is 26.6 Å². The van der Waals surface area contributed by atoms with E-state index in [0.717, 1.165) is 55.8 Å². The monoisotopic (exact) mass is 472 g/mol. The molecule has 1 aromatic heterocycles. The van der Waals surface area contributed by atoms with Gasteiger partial charge in [0.2, 0.25) is 5.91 Å². The van der Waals surface area contributed by atoms with Gasteiger partial charge >= 0.3 is 0 Å². The summed E-state index contributed by atoms with van der Waals surface area (Å²) >= 11 is 0. The fourth-order valence-electron chi connectivity index (χ4n) is 5.42. The van der Waals surface area contributed by atoms with E-state index in [-0.39, 0.29) is 11.7 Å². The number of halogens is 1. The fourth-order valence-corrected chi connectivity index (χ4v) is 5.42. The van der Waals surface area contributed by atoms with Gasteiger partial charge < -0.3 is 4.90 Å². The Bertz CT molecular complexity index is 1200. The van der Waals surface area contributed by atoms with Gasteiger partial charge in [0, 0.05) is 44.1 Å². The minimum atomic E-state index is -0.192. The highest BCUT2D eigenvalue weighted by Gasteiger charge is 2.35. The number of amides is 1. The maximum absolute atomic E-state index is 13.8. The zero-order valence-electron chi connectivity index (χ0n) is 20.2. The molecular weight excluding hydrogens is 439 g/mol. The van der Waals surface area contributed by atoms with Gasteiger partial charge in [0.15, 0.2) is 0 Å². The lowest BCUT2D eigenvalue weighted by molar-refractivity contribution is -0.139. The van der Waals surface area contributed by atoms with Crippen molar-refractivity contribution in [1.29, 1.82) is 0 Å². The van der Waals surface area contributed by atoms with E-state index in [9.17, 15) is 9.18 Å². The van der Waals surface area contributed by atoms with Crippen molar-refractivity contribution in [1.82, 2.24) is 19.6 Å². The van der Waals surface area contributed by atoms with Crippen LogP contribution in [-0.2, 0) is 30.8 Å². The summed E-state index contributed by atoms with van der Waals surface area (Å²) in [6.07, 6.45) is 6.56. The quantitative estimate of drug-likeness (QED) is 0.458. The van der Waals surface area contributed by atoms with Gasteiger partial charge in [-0.15, -0.1) is 0 Å². The summed E-state index contributed by atoms with van der Waals surface area (Å²) in [5.41, 5.74) is 5.54. The number of carbonyl (C=O) groups is 1. The maximum atomic E-state index is 13.8. The van der Waals surface area contributed by atoms with Crippen LogP contribution in [0.2, 0.25) is 0 Å². The van der Waals surface area contributed by atoms with Gasteiger partial charge in [-0.3, -0.25) is 9.69 Å². The molecule has 0 spiro atoms. The molecule has 1 aliphatic heterocycles. The molecule has 0 bridgehead atoms. The molecule has 182 valence electrons. The van der Waals surface area contributed by atoms with Crippen LogP contribution in [-0.4, -0.2) is 38.6 Å². The first kappa shape index (κ1) is 22.5. The maximum Gasteiger partial charge on any atom is 0.226 e. The summed E-state index contributed by atoms with van der Waals surface area (Å²) in [6, 6.07) is 17.2. The molecule has 0 radical (unpaired) electrons. The second-order valence-corrected chi connectivity index (χ2v) is 10.5. The number of benzene rings is 2. The smallest absolute Gasteiger partial charge is 0.226 e. The van der Waals surface area contributed by atoms with Gasteiger partial charge in [0.1, 0.15) is 5.82 Å². The number of hydrogen-bond acceptors (Lipinski definition) is 3. The van der Waals surface area contributed by atoms with Gasteiger partial charge in [0.05, 0.1) is 23.6 Å². The van der Waals surface area contributed by atoms with E-state index < -0.39 is 0 Å². The van der Waals surface area contributed by atoms with Crippen LogP contribution in [0.4, 0.5) is 4.39 Å². The summed E-state index contributed by atoms with van der Waals surface area (Å²) in [6.45, 7) is 3.81. The molecule has 0 saturated heterocycles. The van der Waals surface area contributed by atoms with Gasteiger partial charge in [-0.2, -0.15) is 5.10 Å². The van der Waals surface area contributed by atoms with Crippen molar-refractivity contribution in [2.24, 2.45) is 11.8 Å². The summed E-state index contributed by atoms with van der Waals surface area (Å²) in [4.78, 5) is 17.8. The molecular formula is C29H33FN4O. The third-order valence-electron chi connectivity index (χ3n) is 7.80. The standard InChI is InChI=1S/C29H33FN4O/c30-24-9-4-6-22(16-24)17-32-15-14-28-26(19-32)27(31-34(28)25-10-2-1-3-11-25)20-33(18-21-12-13-21)29(35)23-7-5-8-23/h1-4,6,9-11,16,21,23H,5,7-8,12-15,17-20H2. The Balaban J connectivity index is 1.30. The van der Waals surface area contributed by atoms with Crippen LogP contribution < -0.4 is 0 Å². The van der Waals surface area contributed by atoms with E-state index in [1.807, 2.05) is 24.3 Å². The number of aromatic nitrogens is 2. The Kier molecular flexibility index (Phi) is 6.15. The van der Waals surface area contributed by atoms with E-state index in [1.165, 1.54) is 36.6 Å². The van der Waals surface area contributed by atoms with Crippen LogP contribution in [0.25, 0.3) is 5.69 Å². The van der Waals surface area contributed by atoms with Gasteiger partial charge in [-0.25, -0.2) is 9.07 Å². The number of hydrogen-bond donors (Lipinski definition) is 0. The molecule has 35 heavy (non-hydrogen) atoms. The normalized spacial score (nSPS) is 18.2. The Morgan fingerprint density at radius 2 is 1.89 bits per heavy atom. The second kappa shape index (κ2) is 9.57. The van der Waals surface area contributed by atoms with Gasteiger partial charge in [-0.05, 0) is 61.4 Å². The molecule has 0 unspecified atom stereocenters. The zero-order chi connectivity index (χ0) is 23.8. The van der Waals surface area contributed by atoms with Crippen molar-refractivity contribution in [3.63, 3.8) is 0 Å². The van der Waals surface area contributed by atoms with E-state index >= 15 is 0 Å². The lowest BCUT2D eigenvalue weighted by atomic mass is 9.84. The Hall–Kier alpha value is -2.99. The zero-order valence-corrected chi connectivity index (χ0v) is 20.2. The Labute approximate surface area is 206 Å². The summed E-state index contributed by atoms with van der Waals surface area (Å²) in [7, 11) is 0. The molecule has 0 N–H and O–H groups in total. The third kappa shape index (κ3) is 4.90. The first-order valence-electron chi connectivity index (χ1n) is 13.0. The molecule has 2 saturated carbocycles. The number of para-hydroxylation sites is 1. The first-order valence-corrected chi connectivity index (χ1v) is 13.0. The largest absolute Gasteiger partial charge is 0.336 e. The van der Waals surface area contributed by atoms with Crippen molar-refractivity contribution in [3.05, 3.63) is 82.9 Å². The topological polar surface area (TPSA) is 41.4 Å². The lowest BCUT2D eigenvalue weighted by Crippen LogP contribution is -2.40. The van der Waals surface area contributed by atoms with E-state index in [4.69, 9.17) is 5.10 Å². The molecule has 5 nitrogen and oxygen atoms in total. The third-order valence-corrected chi connectivity index (χ3v) is 7.80. The van der Waals surface area contributed by atoms with Crippen LogP contribution in [0, 0.1) is 17.7 Å². The molecule has 3 aromatic rings. The molecule has 0 atom stereocenters. The van der Waals surface area contributed by atoms with Crippen molar-refractivity contribution in [2.75, 3.05) is 13.1 Å². The van der Waals surface area contributed by atoms with Gasteiger partial charge in [-0.1, -0.05) is 36.8 Å². The second-order valence-electron chi connectivity index (χ2n) is 10.5. The summed E-state index contributed by atoms with van der Waals surface area (Å²) < 4.78 is 15.9. The Morgan fingerprint density at radius 3 is 2.60 bits per heavy atom. The lowest BCUT2D eigenvalue weighted by Gasteiger charge is -2.32. The molecule has 2 heterocycles. The van der Waals surface area contributed by atoms with Gasteiger partial charge in [0.25, 0.3) is 0 Å². The molecule has 6 heteroatoms. The first-order chi connectivity index (χ1) is 17.1. The number of nitrogens with zero attached hydrogens (tertiary/aromatic N) is 4. The van der Waals surface area contributed by atoms with Crippen LogP contribution in [0.15, 0.2) is 54.6 Å². The number of carbonyl (C=O) groups excluding carboxylic acids is 1. The molecule has 1 amide bonds. The highest BCUT2D eigenvalue weighted by atomic mass is 19.1. The number of rotatable bonds is 8. The van der Waals surface area contributed by atoms with Crippen LogP contribution in [0.3, 0.4) is 0 Å². The SMILES string of the molecule is O=C(C1CCC1)N(Cc1nn(-c2ccccc2)c2c1CN(Cc1cccc(F)c1)CC2)CC1CC1. The number of fused-ring (bicyclic) bond motifs is 1. The molecule has 2 fully saturated rings. The van der Waals surface area contributed by atoms with Crippen LogP contribution >= 0.6 is 0 Å². The van der Waals surface area contributed by atoms with Crippen molar-refractivity contribution in [2.45, 2.75) is 58.2 Å². The minimum absolute atomic E-state index is 0.192.